The molecule has 0 saturated carbocycles. The summed E-state index contributed by atoms with van der Waals surface area (Å²) in [5.74, 6) is 0. The zero-order chi connectivity index (χ0) is 12.0. The van der Waals surface area contributed by atoms with E-state index in [4.69, 9.17) is 0 Å². The fraction of sp³-hybridized carbons (Fsp3) is 0.778. The minimum absolute atomic E-state index is 0.000833. The molecule has 0 aromatic rings. The third-order valence-electron chi connectivity index (χ3n) is 3.42. The smallest absolute Gasteiger partial charge is 0.259 e. The molecule has 2 atom stereocenters. The highest BCUT2D eigenvalue weighted by Gasteiger charge is 2.61. The summed E-state index contributed by atoms with van der Waals surface area (Å²) in [5, 5.41) is 22.2. The zero-order valence-electron chi connectivity index (χ0n) is 8.96. The maximum absolute atomic E-state index is 11.1. The number of piperidine rings is 1. The summed E-state index contributed by atoms with van der Waals surface area (Å²) in [4.78, 5) is 23.2. The molecule has 0 aromatic heterocycles. The number of likely N-dealkylation sites (tertiary alicyclic amines) is 1. The molecular weight excluding hydrogens is 214 g/mol. The third-order valence-corrected chi connectivity index (χ3v) is 3.42. The lowest BCUT2D eigenvalue weighted by Crippen LogP contribution is -2.65. The minimum atomic E-state index is -1.28. The lowest BCUT2D eigenvalue weighted by atomic mass is 9.72. The summed E-state index contributed by atoms with van der Waals surface area (Å²) >= 11 is 0. The minimum Gasteiger partial charge on any atom is -0.292 e. The molecule has 1 heterocycles. The predicted molar refractivity (Wildman–Crippen MR) is 55.3 cm³/mol. The number of nitrogens with zero attached hydrogens (tertiary/aromatic N) is 3. The molecule has 0 aromatic carbocycles. The van der Waals surface area contributed by atoms with Crippen molar-refractivity contribution >= 4 is 0 Å². The molecule has 2 bridgehead atoms. The predicted octanol–water partition coefficient (Wildman–Crippen LogP) is 0.313. The van der Waals surface area contributed by atoms with E-state index in [1.54, 1.807) is 18.0 Å². The average molecular weight is 227 g/mol. The molecule has 0 spiro atoms. The Balaban J connectivity index is 2.44. The van der Waals surface area contributed by atoms with Crippen molar-refractivity contribution in [3.8, 4) is 0 Å². The molecule has 0 N–H and O–H groups in total. The van der Waals surface area contributed by atoms with Crippen molar-refractivity contribution in [1.29, 1.82) is 0 Å². The lowest BCUT2D eigenvalue weighted by molar-refractivity contribution is -0.619. The molecule has 1 aliphatic carbocycles. The molecule has 7 nitrogen and oxygen atoms in total. The first-order valence-electron chi connectivity index (χ1n) is 5.06. The largest absolute Gasteiger partial charge is 0.292 e. The molecule has 16 heavy (non-hydrogen) atoms. The maximum atomic E-state index is 11.1. The Morgan fingerprint density at radius 3 is 2.50 bits per heavy atom. The Morgan fingerprint density at radius 1 is 1.25 bits per heavy atom. The summed E-state index contributed by atoms with van der Waals surface area (Å²) in [5.41, 5.74) is -2.47. The first-order chi connectivity index (χ1) is 7.40. The maximum Gasteiger partial charge on any atom is 0.259 e. The van der Waals surface area contributed by atoms with E-state index >= 15 is 0 Å². The van der Waals surface area contributed by atoms with Crippen molar-refractivity contribution in [1.82, 2.24) is 4.90 Å². The van der Waals surface area contributed by atoms with E-state index in [1.165, 1.54) is 6.08 Å². The molecule has 0 amide bonds. The molecule has 2 rings (SSSR count). The van der Waals surface area contributed by atoms with Gasteiger partial charge < -0.3 is 0 Å². The Kier molecular flexibility index (Phi) is 2.23. The van der Waals surface area contributed by atoms with Gasteiger partial charge in [0, 0.05) is 16.3 Å². The highest BCUT2D eigenvalue weighted by Crippen LogP contribution is 2.39. The summed E-state index contributed by atoms with van der Waals surface area (Å²) < 4.78 is 0. The van der Waals surface area contributed by atoms with Gasteiger partial charge in [0.05, 0.1) is 19.5 Å². The van der Waals surface area contributed by atoms with Crippen LogP contribution < -0.4 is 0 Å². The molecule has 0 unspecified atom stereocenters. The monoisotopic (exact) mass is 227 g/mol. The van der Waals surface area contributed by atoms with Crippen molar-refractivity contribution in [2.75, 3.05) is 20.1 Å². The van der Waals surface area contributed by atoms with Crippen molar-refractivity contribution in [3.05, 3.63) is 32.4 Å². The molecule has 1 saturated heterocycles. The average Bonchev–Trinajstić information content (AvgIpc) is 2.16. The fourth-order valence-electron chi connectivity index (χ4n) is 2.83. The number of nitro groups is 2. The van der Waals surface area contributed by atoms with E-state index in [0.29, 0.717) is 0 Å². The Bertz CT molecular complexity index is 383. The van der Waals surface area contributed by atoms with E-state index in [1.807, 2.05) is 0 Å². The molecule has 0 radical (unpaired) electrons. The normalized spacial score (nSPS) is 38.3. The van der Waals surface area contributed by atoms with Gasteiger partial charge in [-0.25, -0.2) is 0 Å². The Hall–Kier alpha value is -1.50. The molecule has 1 fully saturated rings. The standard InChI is InChI=1S/C9H13N3O4/c1-10-6-8(11(13)14)3-2-4-9(5-8,7-10)12(15)16/h2-3H,4-7H2,1H3/t8-,9+/m0/s1. The quantitative estimate of drug-likeness (QED) is 0.385. The Morgan fingerprint density at radius 2 is 1.94 bits per heavy atom. The van der Waals surface area contributed by atoms with Gasteiger partial charge in [0.25, 0.3) is 5.54 Å². The lowest BCUT2D eigenvalue weighted by Gasteiger charge is -2.42. The number of fused-ring (bicyclic) bond motifs is 2. The first-order valence-corrected chi connectivity index (χ1v) is 5.06. The summed E-state index contributed by atoms with van der Waals surface area (Å²) in [6, 6.07) is 0. The van der Waals surface area contributed by atoms with Crippen LogP contribution in [-0.2, 0) is 0 Å². The molecule has 2 aliphatic rings. The molecule has 88 valence electrons. The van der Waals surface area contributed by atoms with Crippen LogP contribution in [0.2, 0.25) is 0 Å². The number of hydrogen-bond donors (Lipinski definition) is 0. The van der Waals surface area contributed by atoms with Gasteiger partial charge in [-0.1, -0.05) is 6.08 Å². The van der Waals surface area contributed by atoms with Crippen molar-refractivity contribution < 1.29 is 9.85 Å². The van der Waals surface area contributed by atoms with Crippen molar-refractivity contribution in [2.24, 2.45) is 0 Å². The molecule has 7 heteroatoms. The second-order valence-electron chi connectivity index (χ2n) is 4.80. The van der Waals surface area contributed by atoms with Gasteiger partial charge >= 0.3 is 0 Å². The van der Waals surface area contributed by atoms with E-state index in [0.717, 1.165) is 0 Å². The summed E-state index contributed by atoms with van der Waals surface area (Å²) in [7, 11) is 1.69. The second kappa shape index (κ2) is 3.24. The SMILES string of the molecule is CN1C[C@]2([N+](=O)[O-])C=CC[C@]([N+](=O)[O-])(C1)C2. The van der Waals surface area contributed by atoms with Gasteiger partial charge in [-0.3, -0.25) is 25.1 Å². The third kappa shape index (κ3) is 1.39. The van der Waals surface area contributed by atoms with Crippen LogP contribution in [0.3, 0.4) is 0 Å². The van der Waals surface area contributed by atoms with E-state index < -0.39 is 16.0 Å². The number of rotatable bonds is 2. The number of hydrogen-bond acceptors (Lipinski definition) is 5. The van der Waals surface area contributed by atoms with Gasteiger partial charge in [0.2, 0.25) is 5.54 Å². The van der Waals surface area contributed by atoms with Gasteiger partial charge in [0.15, 0.2) is 0 Å². The van der Waals surface area contributed by atoms with Crippen molar-refractivity contribution in [2.45, 2.75) is 23.9 Å². The van der Waals surface area contributed by atoms with Crippen LogP contribution in [-0.4, -0.2) is 46.0 Å². The van der Waals surface area contributed by atoms with Crippen LogP contribution in [0.1, 0.15) is 12.8 Å². The summed E-state index contributed by atoms with van der Waals surface area (Å²) in [6.07, 6.45) is 3.38. The van der Waals surface area contributed by atoms with E-state index in [-0.39, 0.29) is 30.9 Å². The van der Waals surface area contributed by atoms with Crippen LogP contribution in [0, 0.1) is 20.2 Å². The van der Waals surface area contributed by atoms with Crippen LogP contribution in [0.25, 0.3) is 0 Å². The van der Waals surface area contributed by atoms with E-state index in [9.17, 15) is 20.2 Å². The van der Waals surface area contributed by atoms with Gasteiger partial charge in [0.1, 0.15) is 0 Å². The first kappa shape index (κ1) is 11.0. The second-order valence-corrected chi connectivity index (χ2v) is 4.80. The van der Waals surface area contributed by atoms with Gasteiger partial charge in [-0.05, 0) is 13.1 Å². The number of likely N-dealkylation sites (N-methyl/N-ethyl adjacent to an activating group) is 1. The van der Waals surface area contributed by atoms with Crippen LogP contribution in [0.5, 0.6) is 0 Å². The highest BCUT2D eigenvalue weighted by atomic mass is 16.6. The van der Waals surface area contributed by atoms with Gasteiger partial charge in [-0.15, -0.1) is 0 Å². The molecular formula is C9H13N3O4. The summed E-state index contributed by atoms with van der Waals surface area (Å²) in [6.45, 7) is 0.520. The van der Waals surface area contributed by atoms with Crippen LogP contribution in [0.4, 0.5) is 0 Å². The van der Waals surface area contributed by atoms with Crippen LogP contribution >= 0.6 is 0 Å². The Labute approximate surface area is 92.0 Å². The van der Waals surface area contributed by atoms with Gasteiger partial charge in [-0.2, -0.15) is 0 Å². The topological polar surface area (TPSA) is 89.5 Å². The van der Waals surface area contributed by atoms with E-state index in [2.05, 4.69) is 0 Å². The fourth-order valence-corrected chi connectivity index (χ4v) is 2.83. The molecule has 1 aliphatic heterocycles. The highest BCUT2D eigenvalue weighted by molar-refractivity contribution is 5.17. The zero-order valence-corrected chi connectivity index (χ0v) is 8.96. The van der Waals surface area contributed by atoms with Crippen LogP contribution in [0.15, 0.2) is 12.2 Å². The van der Waals surface area contributed by atoms with Crippen molar-refractivity contribution in [3.63, 3.8) is 0 Å².